The van der Waals surface area contributed by atoms with Gasteiger partial charge >= 0.3 is 0 Å². The molecule has 3 rings (SSSR count). The molecule has 0 aliphatic carbocycles. The third-order valence-electron chi connectivity index (χ3n) is 4.61. The summed E-state index contributed by atoms with van der Waals surface area (Å²) in [5.41, 5.74) is 0.940. The third kappa shape index (κ3) is 5.57. The molecular formula is C21H25N3O5S2. The van der Waals surface area contributed by atoms with E-state index in [1.165, 1.54) is 40.9 Å². The Kier molecular flexibility index (Phi) is 7.24. The molecule has 1 saturated heterocycles. The van der Waals surface area contributed by atoms with Gasteiger partial charge in [-0.1, -0.05) is 0 Å². The number of nitrogens with zero attached hydrogens (tertiary/aromatic N) is 1. The van der Waals surface area contributed by atoms with Crippen LogP contribution in [0.4, 0.5) is 5.69 Å². The summed E-state index contributed by atoms with van der Waals surface area (Å²) in [4.78, 5) is 27.3. The number of carbonyl (C=O) groups excluding carboxylic acids is 2. The van der Waals surface area contributed by atoms with E-state index in [2.05, 4.69) is 10.0 Å². The van der Waals surface area contributed by atoms with E-state index >= 15 is 0 Å². The second-order valence-electron chi connectivity index (χ2n) is 7.31. The maximum Gasteiger partial charge on any atom is 0.255 e. The molecule has 2 aromatic carbocycles. The monoisotopic (exact) mass is 463 g/mol. The fourth-order valence-corrected chi connectivity index (χ4v) is 5.49. The molecule has 1 aliphatic heterocycles. The van der Waals surface area contributed by atoms with E-state index in [9.17, 15) is 18.0 Å². The molecule has 0 saturated carbocycles. The highest BCUT2D eigenvalue weighted by Gasteiger charge is 2.35. The summed E-state index contributed by atoms with van der Waals surface area (Å²) in [7, 11) is -2.07. The first-order chi connectivity index (χ1) is 14.7. The van der Waals surface area contributed by atoms with E-state index < -0.39 is 16.1 Å². The Balaban J connectivity index is 1.70. The molecule has 166 valence electrons. The molecule has 1 aliphatic rings. The minimum atomic E-state index is -3.64. The lowest BCUT2D eigenvalue weighted by Crippen LogP contribution is -2.44. The number of nitrogens with one attached hydrogen (secondary N) is 2. The average molecular weight is 464 g/mol. The minimum absolute atomic E-state index is 0.0855. The van der Waals surface area contributed by atoms with E-state index in [1.54, 1.807) is 45.2 Å². The van der Waals surface area contributed by atoms with Crippen LogP contribution in [0.15, 0.2) is 53.4 Å². The summed E-state index contributed by atoms with van der Waals surface area (Å²) < 4.78 is 32.1. The summed E-state index contributed by atoms with van der Waals surface area (Å²) in [6.45, 7) is 3.47. The number of thioether (sulfide) groups is 1. The van der Waals surface area contributed by atoms with Crippen molar-refractivity contribution < 1.29 is 22.7 Å². The van der Waals surface area contributed by atoms with Gasteiger partial charge in [0.25, 0.3) is 5.91 Å². The molecule has 2 aromatic rings. The van der Waals surface area contributed by atoms with Crippen molar-refractivity contribution in [3.63, 3.8) is 0 Å². The molecule has 10 heteroatoms. The first-order valence-corrected chi connectivity index (χ1v) is 12.3. The summed E-state index contributed by atoms with van der Waals surface area (Å²) >= 11 is 1.49. The first-order valence-electron chi connectivity index (χ1n) is 9.67. The Hall–Kier alpha value is -2.56. The smallest absolute Gasteiger partial charge is 0.255 e. The maximum absolute atomic E-state index is 13.0. The number of sulfonamides is 1. The lowest BCUT2D eigenvalue weighted by Gasteiger charge is -2.23. The van der Waals surface area contributed by atoms with Crippen LogP contribution in [0.25, 0.3) is 0 Å². The van der Waals surface area contributed by atoms with Gasteiger partial charge in [0.1, 0.15) is 11.8 Å². The molecule has 8 nitrogen and oxygen atoms in total. The molecule has 1 heterocycles. The van der Waals surface area contributed by atoms with Crippen molar-refractivity contribution >= 4 is 39.3 Å². The zero-order valence-corrected chi connectivity index (χ0v) is 19.1. The number of hydrogen-bond donors (Lipinski definition) is 2. The predicted molar refractivity (Wildman–Crippen MR) is 121 cm³/mol. The van der Waals surface area contributed by atoms with Crippen LogP contribution in [0, 0.1) is 0 Å². The zero-order chi connectivity index (χ0) is 22.6. The highest BCUT2D eigenvalue weighted by Crippen LogP contribution is 2.25. The Morgan fingerprint density at radius 1 is 1.10 bits per heavy atom. The summed E-state index contributed by atoms with van der Waals surface area (Å²) in [6, 6.07) is 11.8. The van der Waals surface area contributed by atoms with Gasteiger partial charge in [-0.3, -0.25) is 9.59 Å². The minimum Gasteiger partial charge on any atom is -0.497 e. The number of benzene rings is 2. The molecule has 1 atom stereocenters. The maximum atomic E-state index is 13.0. The van der Waals surface area contributed by atoms with Gasteiger partial charge in [-0.25, -0.2) is 13.1 Å². The topological polar surface area (TPSA) is 105 Å². The number of ether oxygens (including phenoxy) is 1. The van der Waals surface area contributed by atoms with Crippen LogP contribution in [0.2, 0.25) is 0 Å². The van der Waals surface area contributed by atoms with Crippen LogP contribution in [-0.4, -0.2) is 56.0 Å². The first kappa shape index (κ1) is 23.1. The lowest BCUT2D eigenvalue weighted by atomic mass is 10.1. The summed E-state index contributed by atoms with van der Waals surface area (Å²) in [5, 5.41) is 2.83. The van der Waals surface area contributed by atoms with Gasteiger partial charge in [0, 0.05) is 23.0 Å². The number of amides is 2. The van der Waals surface area contributed by atoms with Gasteiger partial charge in [0.2, 0.25) is 15.9 Å². The summed E-state index contributed by atoms with van der Waals surface area (Å²) in [5.74, 6) is 0.956. The van der Waals surface area contributed by atoms with Crippen LogP contribution >= 0.6 is 11.8 Å². The molecule has 0 radical (unpaired) electrons. The fraction of sp³-hybridized carbons (Fsp3) is 0.333. The predicted octanol–water partition coefficient (Wildman–Crippen LogP) is 2.54. The quantitative estimate of drug-likeness (QED) is 0.654. The zero-order valence-electron chi connectivity index (χ0n) is 17.5. The molecule has 0 bridgehead atoms. The second kappa shape index (κ2) is 9.71. The fourth-order valence-electron chi connectivity index (χ4n) is 3.08. The largest absolute Gasteiger partial charge is 0.497 e. The normalized spacial score (nSPS) is 16.4. The molecule has 2 N–H and O–H groups in total. The average Bonchev–Trinajstić information content (AvgIpc) is 3.23. The van der Waals surface area contributed by atoms with E-state index in [1.807, 2.05) is 0 Å². The number of anilines is 1. The molecule has 31 heavy (non-hydrogen) atoms. The SMILES string of the molecule is COc1ccc(NC(=O)C2CSCN2C(=O)c2ccc(S(=O)(=O)NC(C)C)cc2)cc1. The number of rotatable bonds is 7. The molecule has 2 amide bonds. The number of methoxy groups -OCH3 is 1. The van der Waals surface area contributed by atoms with Gasteiger partial charge < -0.3 is 15.0 Å². The van der Waals surface area contributed by atoms with Crippen LogP contribution in [0.5, 0.6) is 5.75 Å². The molecular weight excluding hydrogens is 438 g/mol. The molecule has 0 spiro atoms. The van der Waals surface area contributed by atoms with Crippen LogP contribution < -0.4 is 14.8 Å². The Morgan fingerprint density at radius 3 is 2.32 bits per heavy atom. The van der Waals surface area contributed by atoms with Gasteiger partial charge in [-0.2, -0.15) is 0 Å². The Bertz CT molecular complexity index is 1040. The van der Waals surface area contributed by atoms with Crippen molar-refractivity contribution in [1.29, 1.82) is 0 Å². The van der Waals surface area contributed by atoms with E-state index in [-0.39, 0.29) is 22.8 Å². The third-order valence-corrected chi connectivity index (χ3v) is 7.29. The molecule has 1 fully saturated rings. The van der Waals surface area contributed by atoms with Crippen molar-refractivity contribution in [2.75, 3.05) is 24.1 Å². The van der Waals surface area contributed by atoms with Crippen molar-refractivity contribution in [3.8, 4) is 5.75 Å². The van der Waals surface area contributed by atoms with Crippen molar-refractivity contribution in [2.24, 2.45) is 0 Å². The second-order valence-corrected chi connectivity index (χ2v) is 10.0. The van der Waals surface area contributed by atoms with Crippen molar-refractivity contribution in [2.45, 2.75) is 30.8 Å². The van der Waals surface area contributed by atoms with Gasteiger partial charge in [-0.15, -0.1) is 11.8 Å². The Labute approximate surface area is 186 Å². The van der Waals surface area contributed by atoms with Crippen molar-refractivity contribution in [1.82, 2.24) is 9.62 Å². The number of carbonyl (C=O) groups is 2. The standard InChI is InChI=1S/C21H25N3O5S2/c1-14(2)23-31(27,28)18-10-4-15(5-11-18)21(26)24-13-30-12-19(24)20(25)22-16-6-8-17(29-3)9-7-16/h4-11,14,19,23H,12-13H2,1-3H3,(H,22,25). The van der Waals surface area contributed by atoms with Gasteiger partial charge in [0.05, 0.1) is 17.9 Å². The van der Waals surface area contributed by atoms with E-state index in [0.717, 1.165) is 0 Å². The Morgan fingerprint density at radius 2 is 1.74 bits per heavy atom. The van der Waals surface area contributed by atoms with E-state index in [0.29, 0.717) is 28.6 Å². The van der Waals surface area contributed by atoms with Crippen molar-refractivity contribution in [3.05, 3.63) is 54.1 Å². The molecule has 0 aromatic heterocycles. The number of hydrogen-bond acceptors (Lipinski definition) is 6. The van der Waals surface area contributed by atoms with E-state index in [4.69, 9.17) is 4.74 Å². The van der Waals surface area contributed by atoms with Gasteiger partial charge in [-0.05, 0) is 62.4 Å². The lowest BCUT2D eigenvalue weighted by molar-refractivity contribution is -0.119. The van der Waals surface area contributed by atoms with Crippen LogP contribution in [-0.2, 0) is 14.8 Å². The highest BCUT2D eigenvalue weighted by molar-refractivity contribution is 7.99. The van der Waals surface area contributed by atoms with Gasteiger partial charge in [0.15, 0.2) is 0 Å². The van der Waals surface area contributed by atoms with Crippen LogP contribution in [0.3, 0.4) is 0 Å². The highest BCUT2D eigenvalue weighted by atomic mass is 32.2. The van der Waals surface area contributed by atoms with Crippen LogP contribution in [0.1, 0.15) is 24.2 Å². The summed E-state index contributed by atoms with van der Waals surface area (Å²) in [6.07, 6.45) is 0. The molecule has 1 unspecified atom stereocenters.